The average molecular weight is 316 g/mol. The molecule has 1 amide bonds. The van der Waals surface area contributed by atoms with Gasteiger partial charge in [0.25, 0.3) is 5.91 Å². The first-order chi connectivity index (χ1) is 8.97. The summed E-state index contributed by atoms with van der Waals surface area (Å²) in [5.74, 6) is -0.347. The number of rotatable bonds is 2. The Balaban J connectivity index is 2.28. The Kier molecular flexibility index (Phi) is 4.30. The number of hydrogen-bond donors (Lipinski definition) is 1. The number of benzene rings is 1. The summed E-state index contributed by atoms with van der Waals surface area (Å²) < 4.78 is 0. The van der Waals surface area contributed by atoms with E-state index in [1.165, 1.54) is 6.07 Å². The highest BCUT2D eigenvalue weighted by molar-refractivity contribution is 6.36. The third-order valence-corrected chi connectivity index (χ3v) is 3.25. The van der Waals surface area contributed by atoms with Crippen molar-refractivity contribution in [3.05, 3.63) is 56.8 Å². The molecule has 1 heterocycles. The highest BCUT2D eigenvalue weighted by Gasteiger charge is 2.12. The lowest BCUT2D eigenvalue weighted by Crippen LogP contribution is -2.13. The van der Waals surface area contributed by atoms with Gasteiger partial charge in [0.15, 0.2) is 0 Å². The maximum atomic E-state index is 12.1. The Morgan fingerprint density at radius 3 is 2.58 bits per heavy atom. The largest absolute Gasteiger partial charge is 0.320 e. The first kappa shape index (κ1) is 14.1. The fourth-order valence-corrected chi connectivity index (χ4v) is 2.09. The maximum absolute atomic E-state index is 12.1. The minimum atomic E-state index is -0.347. The summed E-state index contributed by atoms with van der Waals surface area (Å²) in [7, 11) is 0. The van der Waals surface area contributed by atoms with Crippen LogP contribution in [0.25, 0.3) is 0 Å². The molecule has 1 aromatic carbocycles. The lowest BCUT2D eigenvalue weighted by atomic mass is 10.2. The Hall–Kier alpha value is -1.29. The van der Waals surface area contributed by atoms with Crippen LogP contribution in [-0.2, 0) is 0 Å². The van der Waals surface area contributed by atoms with Crippen LogP contribution in [0.2, 0.25) is 15.2 Å². The number of carbonyl (C=O) groups excluding carboxylic acids is 1. The summed E-state index contributed by atoms with van der Waals surface area (Å²) in [6, 6.07) is 7.99. The first-order valence-corrected chi connectivity index (χ1v) is 6.50. The topological polar surface area (TPSA) is 42.0 Å². The van der Waals surface area contributed by atoms with Crippen LogP contribution in [0, 0.1) is 6.92 Å². The van der Waals surface area contributed by atoms with Crippen LogP contribution in [0.5, 0.6) is 0 Å². The van der Waals surface area contributed by atoms with Gasteiger partial charge in [0, 0.05) is 5.02 Å². The van der Waals surface area contributed by atoms with Crippen LogP contribution in [-0.4, -0.2) is 10.9 Å². The van der Waals surface area contributed by atoms with Gasteiger partial charge in [-0.05, 0) is 37.3 Å². The van der Waals surface area contributed by atoms with Crippen molar-refractivity contribution in [2.24, 2.45) is 0 Å². The van der Waals surface area contributed by atoms with E-state index in [1.54, 1.807) is 31.2 Å². The second-order valence-corrected chi connectivity index (χ2v) is 5.08. The standard InChI is InChI=1S/C13H9Cl3N2O/c1-7-11(4-5-12(16)17-7)18-13(19)9-6-8(14)2-3-10(9)15/h2-6H,1H3,(H,18,19). The average Bonchev–Trinajstić information content (AvgIpc) is 2.35. The molecule has 0 spiro atoms. The molecule has 0 radical (unpaired) electrons. The van der Waals surface area contributed by atoms with Gasteiger partial charge in [0.1, 0.15) is 5.15 Å². The van der Waals surface area contributed by atoms with E-state index < -0.39 is 0 Å². The summed E-state index contributed by atoms with van der Waals surface area (Å²) in [5.41, 5.74) is 1.51. The van der Waals surface area contributed by atoms with E-state index in [4.69, 9.17) is 34.8 Å². The highest BCUT2D eigenvalue weighted by Crippen LogP contribution is 2.23. The van der Waals surface area contributed by atoms with Gasteiger partial charge in [-0.3, -0.25) is 4.79 Å². The van der Waals surface area contributed by atoms with Gasteiger partial charge in [-0.1, -0.05) is 34.8 Å². The molecule has 2 rings (SSSR count). The molecule has 0 aliphatic heterocycles. The summed E-state index contributed by atoms with van der Waals surface area (Å²) in [6.07, 6.45) is 0. The second kappa shape index (κ2) is 5.78. The van der Waals surface area contributed by atoms with Crippen molar-refractivity contribution in [3.8, 4) is 0 Å². The number of aromatic nitrogens is 1. The zero-order valence-electron chi connectivity index (χ0n) is 9.88. The van der Waals surface area contributed by atoms with E-state index in [2.05, 4.69) is 10.3 Å². The molecule has 0 aliphatic rings. The molecular weight excluding hydrogens is 307 g/mol. The molecule has 2 aromatic rings. The van der Waals surface area contributed by atoms with E-state index in [0.717, 1.165) is 0 Å². The summed E-state index contributed by atoms with van der Waals surface area (Å²) >= 11 is 17.6. The number of amides is 1. The van der Waals surface area contributed by atoms with Crippen molar-refractivity contribution in [2.45, 2.75) is 6.92 Å². The van der Waals surface area contributed by atoms with Crippen molar-refractivity contribution >= 4 is 46.4 Å². The third-order valence-electron chi connectivity index (χ3n) is 2.47. The molecule has 0 bridgehead atoms. The smallest absolute Gasteiger partial charge is 0.257 e. The molecule has 19 heavy (non-hydrogen) atoms. The van der Waals surface area contributed by atoms with Crippen molar-refractivity contribution in [2.75, 3.05) is 5.32 Å². The molecule has 0 aliphatic carbocycles. The number of nitrogens with zero attached hydrogens (tertiary/aromatic N) is 1. The predicted octanol–water partition coefficient (Wildman–Crippen LogP) is 4.60. The molecule has 0 atom stereocenters. The quantitative estimate of drug-likeness (QED) is 0.823. The number of nitrogens with one attached hydrogen (secondary N) is 1. The van der Waals surface area contributed by atoms with E-state index in [0.29, 0.717) is 32.1 Å². The molecule has 0 saturated heterocycles. The molecule has 3 nitrogen and oxygen atoms in total. The molecule has 0 fully saturated rings. The Bertz CT molecular complexity index is 644. The molecule has 1 N–H and O–H groups in total. The number of aryl methyl sites for hydroxylation is 1. The minimum absolute atomic E-state index is 0.309. The van der Waals surface area contributed by atoms with Crippen LogP contribution < -0.4 is 5.32 Å². The summed E-state index contributed by atoms with van der Waals surface area (Å²) in [6.45, 7) is 1.75. The van der Waals surface area contributed by atoms with E-state index in [1.807, 2.05) is 0 Å². The molecule has 0 saturated carbocycles. The third kappa shape index (κ3) is 3.38. The van der Waals surface area contributed by atoms with E-state index >= 15 is 0 Å². The molecule has 1 aromatic heterocycles. The number of carbonyl (C=O) groups is 1. The monoisotopic (exact) mass is 314 g/mol. The zero-order valence-corrected chi connectivity index (χ0v) is 12.1. The molecular formula is C13H9Cl3N2O. The van der Waals surface area contributed by atoms with E-state index in [-0.39, 0.29) is 5.91 Å². The number of anilines is 1. The van der Waals surface area contributed by atoms with Crippen molar-refractivity contribution in [3.63, 3.8) is 0 Å². The van der Waals surface area contributed by atoms with Crippen LogP contribution in [0.4, 0.5) is 5.69 Å². The van der Waals surface area contributed by atoms with Gasteiger partial charge < -0.3 is 5.32 Å². The van der Waals surface area contributed by atoms with Gasteiger partial charge in [-0.25, -0.2) is 4.98 Å². The van der Waals surface area contributed by atoms with Gasteiger partial charge in [0.05, 0.1) is 22.0 Å². The Morgan fingerprint density at radius 1 is 1.16 bits per heavy atom. The predicted molar refractivity (Wildman–Crippen MR) is 78.4 cm³/mol. The normalized spacial score (nSPS) is 10.3. The van der Waals surface area contributed by atoms with Crippen LogP contribution >= 0.6 is 34.8 Å². The highest BCUT2D eigenvalue weighted by atomic mass is 35.5. The summed E-state index contributed by atoms with van der Waals surface area (Å²) in [5, 5.41) is 3.87. The first-order valence-electron chi connectivity index (χ1n) is 5.37. The van der Waals surface area contributed by atoms with Crippen molar-refractivity contribution in [1.29, 1.82) is 0 Å². The van der Waals surface area contributed by atoms with Gasteiger partial charge in [-0.15, -0.1) is 0 Å². The zero-order chi connectivity index (χ0) is 14.0. The van der Waals surface area contributed by atoms with Crippen molar-refractivity contribution < 1.29 is 4.79 Å². The minimum Gasteiger partial charge on any atom is -0.320 e. The molecule has 0 unspecified atom stereocenters. The SMILES string of the molecule is Cc1nc(Cl)ccc1NC(=O)c1cc(Cl)ccc1Cl. The lowest BCUT2D eigenvalue weighted by Gasteiger charge is -2.09. The lowest BCUT2D eigenvalue weighted by molar-refractivity contribution is 0.102. The molecule has 6 heteroatoms. The van der Waals surface area contributed by atoms with E-state index in [9.17, 15) is 4.79 Å². The van der Waals surface area contributed by atoms with Gasteiger partial charge in [-0.2, -0.15) is 0 Å². The fraction of sp³-hybridized carbons (Fsp3) is 0.0769. The number of hydrogen-bond acceptors (Lipinski definition) is 2. The van der Waals surface area contributed by atoms with Gasteiger partial charge in [0.2, 0.25) is 0 Å². The fourth-order valence-electron chi connectivity index (χ4n) is 1.52. The number of halogens is 3. The summed E-state index contributed by atoms with van der Waals surface area (Å²) in [4.78, 5) is 16.2. The Morgan fingerprint density at radius 2 is 1.89 bits per heavy atom. The van der Waals surface area contributed by atoms with Crippen LogP contribution in [0.15, 0.2) is 30.3 Å². The van der Waals surface area contributed by atoms with Crippen LogP contribution in [0.3, 0.4) is 0 Å². The number of pyridine rings is 1. The Labute approximate surface area is 125 Å². The van der Waals surface area contributed by atoms with Gasteiger partial charge >= 0.3 is 0 Å². The van der Waals surface area contributed by atoms with Crippen molar-refractivity contribution in [1.82, 2.24) is 4.98 Å². The molecule has 98 valence electrons. The van der Waals surface area contributed by atoms with Crippen LogP contribution in [0.1, 0.15) is 16.1 Å². The second-order valence-electron chi connectivity index (χ2n) is 3.85. The maximum Gasteiger partial charge on any atom is 0.257 e.